The number of quaternary nitrogens is 1. The van der Waals surface area contributed by atoms with Crippen molar-refractivity contribution < 1.29 is 18.1 Å². The number of allylic oxidation sites excluding steroid dienone is 1. The van der Waals surface area contributed by atoms with Crippen molar-refractivity contribution in [3.63, 3.8) is 0 Å². The molecule has 1 aliphatic carbocycles. The van der Waals surface area contributed by atoms with Gasteiger partial charge in [-0.3, -0.25) is 4.79 Å². The summed E-state index contributed by atoms with van der Waals surface area (Å²) in [5.41, 5.74) is 1.47. The highest BCUT2D eigenvalue weighted by molar-refractivity contribution is 7.91. The minimum atomic E-state index is -3.38. The summed E-state index contributed by atoms with van der Waals surface area (Å²) in [5.74, 6) is 0.0657. The molecule has 0 radical (unpaired) electrons. The van der Waals surface area contributed by atoms with Gasteiger partial charge in [0.25, 0.3) is 15.9 Å². The first kappa shape index (κ1) is 20.5. The Morgan fingerprint density at radius 2 is 2.11 bits per heavy atom. The van der Waals surface area contributed by atoms with E-state index in [9.17, 15) is 13.2 Å². The summed E-state index contributed by atoms with van der Waals surface area (Å²) in [6, 6.07) is 3.25. The zero-order valence-electron chi connectivity index (χ0n) is 15.9. The predicted octanol–water partition coefficient (Wildman–Crippen LogP) is 1.03. The van der Waals surface area contributed by atoms with E-state index in [0.717, 1.165) is 17.7 Å². The van der Waals surface area contributed by atoms with Crippen molar-refractivity contribution in [2.24, 2.45) is 0 Å². The maximum atomic E-state index is 12.6. The van der Waals surface area contributed by atoms with Gasteiger partial charge in [0.05, 0.1) is 26.2 Å². The van der Waals surface area contributed by atoms with E-state index in [1.54, 1.807) is 21.8 Å². The molecule has 2 aliphatic rings. The molecule has 2 N–H and O–H groups in total. The molecule has 6 nitrogen and oxygen atoms in total. The Bertz CT molecular complexity index is 751. The SMILES string of the molecule is C[C@@H](C(=O)NCCC1=CCCCC1)[NH+]1CCN(S(=O)(=O)c2cccs2)CC1. The minimum absolute atomic E-state index is 0.0657. The first-order chi connectivity index (χ1) is 13.0. The van der Waals surface area contributed by atoms with Crippen LogP contribution in [-0.4, -0.2) is 57.4 Å². The van der Waals surface area contributed by atoms with Crippen LogP contribution in [0.15, 0.2) is 33.4 Å². The molecule has 0 bridgehead atoms. The largest absolute Gasteiger partial charge is 0.351 e. The van der Waals surface area contributed by atoms with E-state index in [-0.39, 0.29) is 11.9 Å². The van der Waals surface area contributed by atoms with Gasteiger partial charge in [0.15, 0.2) is 6.04 Å². The lowest BCUT2D eigenvalue weighted by molar-refractivity contribution is -0.917. The third-order valence-electron chi connectivity index (χ3n) is 5.59. The summed E-state index contributed by atoms with van der Waals surface area (Å²) in [4.78, 5) is 13.6. The molecule has 1 aliphatic heterocycles. The van der Waals surface area contributed by atoms with Crippen LogP contribution in [0.2, 0.25) is 0 Å². The lowest BCUT2D eigenvalue weighted by Gasteiger charge is -2.33. The maximum absolute atomic E-state index is 12.6. The van der Waals surface area contributed by atoms with Gasteiger partial charge in [-0.1, -0.05) is 17.7 Å². The van der Waals surface area contributed by atoms with E-state index < -0.39 is 10.0 Å². The zero-order chi connectivity index (χ0) is 19.3. The summed E-state index contributed by atoms with van der Waals surface area (Å²) in [6.45, 7) is 4.87. The van der Waals surface area contributed by atoms with Gasteiger partial charge in [0, 0.05) is 6.54 Å². The number of piperazine rings is 1. The van der Waals surface area contributed by atoms with E-state index in [1.807, 2.05) is 6.92 Å². The Labute approximate surface area is 166 Å². The number of hydrogen-bond donors (Lipinski definition) is 2. The van der Waals surface area contributed by atoms with Crippen molar-refractivity contribution in [3.05, 3.63) is 29.2 Å². The van der Waals surface area contributed by atoms with Gasteiger partial charge >= 0.3 is 0 Å². The molecule has 0 unspecified atom stereocenters. The summed E-state index contributed by atoms with van der Waals surface area (Å²) < 4.78 is 27.1. The fraction of sp³-hybridized carbons (Fsp3) is 0.632. The van der Waals surface area contributed by atoms with Crippen LogP contribution in [0.25, 0.3) is 0 Å². The average Bonchev–Trinajstić information content (AvgIpc) is 3.24. The number of nitrogens with zero attached hydrogens (tertiary/aromatic N) is 1. The lowest BCUT2D eigenvalue weighted by Crippen LogP contribution is -3.19. The van der Waals surface area contributed by atoms with Gasteiger partial charge in [-0.2, -0.15) is 4.31 Å². The molecule has 0 saturated carbocycles. The fourth-order valence-corrected chi connectivity index (χ4v) is 6.39. The van der Waals surface area contributed by atoms with Crippen molar-refractivity contribution >= 4 is 27.3 Å². The van der Waals surface area contributed by atoms with Gasteiger partial charge in [0.2, 0.25) is 0 Å². The standard InChI is InChI=1S/C19H29N3O3S2/c1-16(19(23)20-10-9-17-6-3-2-4-7-17)21-11-13-22(14-12-21)27(24,25)18-8-5-15-26-18/h5-6,8,15-16H,2-4,7,9-14H2,1H3,(H,20,23)/p+1/t16-/m0/s1. The molecular weight excluding hydrogens is 382 g/mol. The van der Waals surface area contributed by atoms with Crippen molar-refractivity contribution in [2.45, 2.75) is 49.3 Å². The summed E-state index contributed by atoms with van der Waals surface area (Å²) in [6.07, 6.45) is 8.14. The topological polar surface area (TPSA) is 70.9 Å². The predicted molar refractivity (Wildman–Crippen MR) is 107 cm³/mol. The number of amides is 1. The third kappa shape index (κ3) is 5.19. The average molecular weight is 413 g/mol. The quantitative estimate of drug-likeness (QED) is 0.657. The lowest BCUT2D eigenvalue weighted by atomic mass is 9.97. The molecule has 1 fully saturated rings. The molecular formula is C19H30N3O3S2+. The van der Waals surface area contributed by atoms with E-state index >= 15 is 0 Å². The molecule has 8 heteroatoms. The second kappa shape index (κ2) is 9.32. The molecule has 0 spiro atoms. The Morgan fingerprint density at radius 3 is 2.74 bits per heavy atom. The van der Waals surface area contributed by atoms with Crippen LogP contribution in [0.3, 0.4) is 0 Å². The first-order valence-corrected chi connectivity index (χ1v) is 12.1. The molecule has 1 atom stereocenters. The monoisotopic (exact) mass is 412 g/mol. The number of carbonyl (C=O) groups is 1. The molecule has 150 valence electrons. The Hall–Kier alpha value is -1.22. The molecule has 1 saturated heterocycles. The molecule has 2 heterocycles. The number of sulfonamides is 1. The molecule has 0 aromatic carbocycles. The van der Waals surface area contributed by atoms with Crippen LogP contribution in [0.5, 0.6) is 0 Å². The molecule has 1 aromatic heterocycles. The number of carbonyl (C=O) groups excluding carboxylic acids is 1. The van der Waals surface area contributed by atoms with Crippen LogP contribution in [0.4, 0.5) is 0 Å². The van der Waals surface area contributed by atoms with Gasteiger partial charge in [-0.05, 0) is 50.5 Å². The molecule has 27 heavy (non-hydrogen) atoms. The summed E-state index contributed by atoms with van der Waals surface area (Å²) in [5, 5.41) is 4.84. The second-order valence-corrected chi connectivity index (χ2v) is 10.5. The van der Waals surface area contributed by atoms with E-state index in [4.69, 9.17) is 0 Å². The highest BCUT2D eigenvalue weighted by Crippen LogP contribution is 2.21. The Kier molecular flexibility index (Phi) is 7.08. The number of hydrogen-bond acceptors (Lipinski definition) is 4. The van der Waals surface area contributed by atoms with Crippen LogP contribution >= 0.6 is 11.3 Å². The molecule has 1 aromatic rings. The van der Waals surface area contributed by atoms with Crippen LogP contribution in [-0.2, 0) is 14.8 Å². The molecule has 1 amide bonds. The van der Waals surface area contributed by atoms with E-state index in [1.165, 1.54) is 36.2 Å². The highest BCUT2D eigenvalue weighted by atomic mass is 32.2. The summed E-state index contributed by atoms with van der Waals surface area (Å²) >= 11 is 1.25. The van der Waals surface area contributed by atoms with Crippen LogP contribution in [0.1, 0.15) is 39.0 Å². The van der Waals surface area contributed by atoms with Crippen molar-refractivity contribution in [3.8, 4) is 0 Å². The minimum Gasteiger partial charge on any atom is -0.351 e. The third-order valence-corrected chi connectivity index (χ3v) is 8.86. The Morgan fingerprint density at radius 1 is 1.33 bits per heavy atom. The maximum Gasteiger partial charge on any atom is 0.278 e. The number of thiophene rings is 1. The Balaban J connectivity index is 1.44. The molecule has 3 rings (SSSR count). The number of rotatable bonds is 7. The highest BCUT2D eigenvalue weighted by Gasteiger charge is 2.34. The second-order valence-electron chi connectivity index (χ2n) is 7.37. The van der Waals surface area contributed by atoms with E-state index in [2.05, 4.69) is 11.4 Å². The fourth-order valence-electron chi connectivity index (χ4n) is 3.80. The first-order valence-electron chi connectivity index (χ1n) is 9.82. The van der Waals surface area contributed by atoms with Crippen molar-refractivity contribution in [2.75, 3.05) is 32.7 Å². The van der Waals surface area contributed by atoms with Crippen molar-refractivity contribution in [1.29, 1.82) is 0 Å². The van der Waals surface area contributed by atoms with Gasteiger partial charge < -0.3 is 10.2 Å². The summed E-state index contributed by atoms with van der Waals surface area (Å²) in [7, 11) is -3.38. The van der Waals surface area contributed by atoms with E-state index in [0.29, 0.717) is 36.9 Å². The smallest absolute Gasteiger partial charge is 0.278 e. The normalized spacial score (nSPS) is 20.9. The van der Waals surface area contributed by atoms with Crippen LogP contribution in [0, 0.1) is 0 Å². The van der Waals surface area contributed by atoms with Gasteiger partial charge in [-0.25, -0.2) is 8.42 Å². The zero-order valence-corrected chi connectivity index (χ0v) is 17.6. The van der Waals surface area contributed by atoms with Gasteiger partial charge in [0.1, 0.15) is 4.21 Å². The number of nitrogens with one attached hydrogen (secondary N) is 2. The van der Waals surface area contributed by atoms with Crippen LogP contribution < -0.4 is 10.2 Å². The van der Waals surface area contributed by atoms with Crippen molar-refractivity contribution in [1.82, 2.24) is 9.62 Å². The van der Waals surface area contributed by atoms with Gasteiger partial charge in [-0.15, -0.1) is 11.3 Å².